The molecule has 0 bridgehead atoms. The molecular formula is C23H18ClF3N2O4S. The van der Waals surface area contributed by atoms with E-state index >= 15 is 0 Å². The van der Waals surface area contributed by atoms with Crippen molar-refractivity contribution in [2.45, 2.75) is 18.0 Å². The Kier molecular flexibility index (Phi) is 7.32. The van der Waals surface area contributed by atoms with E-state index in [2.05, 4.69) is 5.32 Å². The third-order valence-electron chi connectivity index (χ3n) is 4.71. The van der Waals surface area contributed by atoms with Crippen LogP contribution in [0, 0.1) is 0 Å². The van der Waals surface area contributed by atoms with Crippen LogP contribution in [0.3, 0.4) is 0 Å². The van der Waals surface area contributed by atoms with Crippen molar-refractivity contribution in [1.82, 2.24) is 0 Å². The number of alkyl halides is 3. The Morgan fingerprint density at radius 1 is 0.971 bits per heavy atom. The Labute approximate surface area is 199 Å². The van der Waals surface area contributed by atoms with Gasteiger partial charge in [-0.3, -0.25) is 13.9 Å². The fourth-order valence-corrected chi connectivity index (χ4v) is 4.73. The van der Waals surface area contributed by atoms with Gasteiger partial charge in [-0.2, -0.15) is 13.2 Å². The van der Waals surface area contributed by atoms with E-state index in [1.54, 1.807) is 6.07 Å². The van der Waals surface area contributed by atoms with Crippen molar-refractivity contribution in [2.75, 3.05) is 16.2 Å². The van der Waals surface area contributed by atoms with E-state index in [0.717, 1.165) is 12.1 Å². The van der Waals surface area contributed by atoms with Gasteiger partial charge < -0.3 is 5.32 Å². The highest BCUT2D eigenvalue weighted by Crippen LogP contribution is 2.38. The summed E-state index contributed by atoms with van der Waals surface area (Å²) in [5.41, 5.74) is -1.09. The third kappa shape index (κ3) is 5.75. The number of carbonyl (C=O) groups is 2. The highest BCUT2D eigenvalue weighted by molar-refractivity contribution is 7.92. The lowest BCUT2D eigenvalue weighted by Crippen LogP contribution is -2.38. The molecule has 3 rings (SSSR count). The Hall–Kier alpha value is -3.37. The molecule has 11 heteroatoms. The van der Waals surface area contributed by atoms with Crippen LogP contribution in [0.4, 0.5) is 24.5 Å². The maximum absolute atomic E-state index is 13.4. The second kappa shape index (κ2) is 9.86. The molecule has 1 N–H and O–H groups in total. The van der Waals surface area contributed by atoms with Crippen LogP contribution in [-0.2, 0) is 21.0 Å². The normalized spacial score (nSPS) is 11.7. The van der Waals surface area contributed by atoms with Gasteiger partial charge in [0, 0.05) is 11.3 Å². The zero-order valence-electron chi connectivity index (χ0n) is 17.6. The molecule has 0 aliphatic heterocycles. The van der Waals surface area contributed by atoms with Gasteiger partial charge in [0.1, 0.15) is 6.54 Å². The summed E-state index contributed by atoms with van der Waals surface area (Å²) in [5.74, 6) is -1.08. The number of halogens is 4. The molecule has 0 spiro atoms. The number of hydrogen-bond acceptors (Lipinski definition) is 4. The smallest absolute Gasteiger partial charge is 0.324 e. The largest absolute Gasteiger partial charge is 0.417 e. The molecule has 178 valence electrons. The Balaban J connectivity index is 2.02. The highest BCUT2D eigenvalue weighted by Gasteiger charge is 2.35. The maximum atomic E-state index is 13.4. The second-order valence-electron chi connectivity index (χ2n) is 7.17. The topological polar surface area (TPSA) is 83.6 Å². The van der Waals surface area contributed by atoms with Gasteiger partial charge in [-0.25, -0.2) is 8.42 Å². The lowest BCUT2D eigenvalue weighted by Gasteiger charge is -2.25. The summed E-state index contributed by atoms with van der Waals surface area (Å²) in [4.78, 5) is 24.1. The molecule has 6 nitrogen and oxygen atoms in total. The minimum Gasteiger partial charge on any atom is -0.324 e. The van der Waals surface area contributed by atoms with E-state index in [1.165, 1.54) is 55.5 Å². The summed E-state index contributed by atoms with van der Waals surface area (Å²) in [5, 5.41) is 1.86. The molecule has 3 aromatic carbocycles. The Morgan fingerprint density at radius 3 is 2.26 bits per heavy atom. The molecule has 0 atom stereocenters. The number of Topliss-reactive ketones (excluding diaryl/α,β-unsaturated/α-hetero) is 1. The highest BCUT2D eigenvalue weighted by atomic mass is 35.5. The SMILES string of the molecule is CC(=O)c1cccc(NC(=O)CN(c2ccc(Cl)c(C(F)(F)F)c2)S(=O)(=O)c2ccccc2)c1. The van der Waals surface area contributed by atoms with Gasteiger partial charge in [-0.15, -0.1) is 0 Å². The molecule has 34 heavy (non-hydrogen) atoms. The zero-order valence-corrected chi connectivity index (χ0v) is 19.2. The molecule has 0 aliphatic rings. The quantitative estimate of drug-likeness (QED) is 0.432. The predicted molar refractivity (Wildman–Crippen MR) is 123 cm³/mol. The van der Waals surface area contributed by atoms with Crippen LogP contribution in [0.1, 0.15) is 22.8 Å². The third-order valence-corrected chi connectivity index (χ3v) is 6.83. The molecule has 0 saturated carbocycles. The predicted octanol–water partition coefficient (Wildman–Crippen LogP) is 5.40. The van der Waals surface area contributed by atoms with Gasteiger partial charge in [0.2, 0.25) is 5.91 Å². The van der Waals surface area contributed by atoms with Crippen molar-refractivity contribution in [3.8, 4) is 0 Å². The zero-order chi connectivity index (χ0) is 25.1. The van der Waals surface area contributed by atoms with Crippen molar-refractivity contribution in [2.24, 2.45) is 0 Å². The number of ketones is 1. The number of benzene rings is 3. The van der Waals surface area contributed by atoms with E-state index in [-0.39, 0.29) is 16.4 Å². The maximum Gasteiger partial charge on any atom is 0.417 e. The van der Waals surface area contributed by atoms with Crippen LogP contribution >= 0.6 is 11.6 Å². The number of rotatable bonds is 7. The minimum atomic E-state index is -4.84. The van der Waals surface area contributed by atoms with Gasteiger partial charge in [0.05, 0.1) is 21.2 Å². The van der Waals surface area contributed by atoms with E-state index in [0.29, 0.717) is 15.9 Å². The summed E-state index contributed by atoms with van der Waals surface area (Å²) in [7, 11) is -4.43. The van der Waals surface area contributed by atoms with Gasteiger partial charge in [0.15, 0.2) is 5.78 Å². The second-order valence-corrected chi connectivity index (χ2v) is 9.44. The lowest BCUT2D eigenvalue weighted by molar-refractivity contribution is -0.137. The molecule has 0 saturated heterocycles. The molecular weight excluding hydrogens is 493 g/mol. The number of carbonyl (C=O) groups excluding carboxylic acids is 2. The molecule has 0 radical (unpaired) electrons. The first-order chi connectivity index (χ1) is 15.9. The number of anilines is 2. The first kappa shape index (κ1) is 25.3. The van der Waals surface area contributed by atoms with E-state index < -0.39 is 44.9 Å². The number of amides is 1. The summed E-state index contributed by atoms with van der Waals surface area (Å²) >= 11 is 5.68. The van der Waals surface area contributed by atoms with Crippen molar-refractivity contribution in [1.29, 1.82) is 0 Å². The average molecular weight is 511 g/mol. The average Bonchev–Trinajstić information content (AvgIpc) is 2.78. The monoisotopic (exact) mass is 510 g/mol. The van der Waals surface area contributed by atoms with Crippen LogP contribution in [0.25, 0.3) is 0 Å². The molecule has 3 aromatic rings. The van der Waals surface area contributed by atoms with Crippen molar-refractivity contribution in [3.05, 3.63) is 88.9 Å². The van der Waals surface area contributed by atoms with Gasteiger partial charge in [-0.05, 0) is 49.4 Å². The summed E-state index contributed by atoms with van der Waals surface area (Å²) in [6.07, 6.45) is -4.84. The van der Waals surface area contributed by atoms with Crippen molar-refractivity contribution in [3.63, 3.8) is 0 Å². The molecule has 0 aliphatic carbocycles. The van der Waals surface area contributed by atoms with E-state index in [9.17, 15) is 31.2 Å². The molecule has 1 amide bonds. The van der Waals surface area contributed by atoms with Crippen LogP contribution in [0.2, 0.25) is 5.02 Å². The van der Waals surface area contributed by atoms with Gasteiger partial charge >= 0.3 is 6.18 Å². The van der Waals surface area contributed by atoms with Crippen LogP contribution in [0.5, 0.6) is 0 Å². The van der Waals surface area contributed by atoms with Crippen molar-refractivity contribution < 1.29 is 31.2 Å². The fraction of sp³-hybridized carbons (Fsp3) is 0.130. The number of sulfonamides is 1. The standard InChI is InChI=1S/C23H18ClF3N2O4S/c1-15(30)16-6-5-7-17(12-16)28-22(31)14-29(34(32,33)19-8-3-2-4-9-19)18-10-11-21(24)20(13-18)23(25,26)27/h2-13H,14H2,1H3,(H,28,31). The van der Waals surface area contributed by atoms with Crippen molar-refractivity contribution >= 4 is 44.7 Å². The first-order valence-electron chi connectivity index (χ1n) is 9.75. The number of nitrogens with zero attached hydrogens (tertiary/aromatic N) is 1. The molecule has 0 unspecified atom stereocenters. The first-order valence-corrected chi connectivity index (χ1v) is 11.6. The molecule has 0 aromatic heterocycles. The number of nitrogens with one attached hydrogen (secondary N) is 1. The summed E-state index contributed by atoms with van der Waals surface area (Å²) < 4.78 is 67.4. The minimum absolute atomic E-state index is 0.218. The Morgan fingerprint density at radius 2 is 1.65 bits per heavy atom. The van der Waals surface area contributed by atoms with Crippen LogP contribution in [-0.4, -0.2) is 26.7 Å². The van der Waals surface area contributed by atoms with Gasteiger partial charge in [-0.1, -0.05) is 41.9 Å². The van der Waals surface area contributed by atoms with Gasteiger partial charge in [0.25, 0.3) is 10.0 Å². The lowest BCUT2D eigenvalue weighted by atomic mass is 10.1. The molecule has 0 fully saturated rings. The van der Waals surface area contributed by atoms with Crippen LogP contribution in [0.15, 0.2) is 77.7 Å². The van der Waals surface area contributed by atoms with E-state index in [1.807, 2.05) is 0 Å². The fourth-order valence-electron chi connectivity index (χ4n) is 3.07. The Bertz CT molecular complexity index is 1330. The van der Waals surface area contributed by atoms with Crippen LogP contribution < -0.4 is 9.62 Å². The summed E-state index contributed by atoms with van der Waals surface area (Å²) in [6, 6.07) is 15.5. The number of hydrogen-bond donors (Lipinski definition) is 1. The van der Waals surface area contributed by atoms with E-state index in [4.69, 9.17) is 11.6 Å². The molecule has 0 heterocycles. The summed E-state index contributed by atoms with van der Waals surface area (Å²) in [6.45, 7) is 0.508.